The molecule has 2 aromatic rings. The Morgan fingerprint density at radius 3 is 3.09 bits per heavy atom. The third-order valence-electron chi connectivity index (χ3n) is 3.86. The van der Waals surface area contributed by atoms with Gasteiger partial charge in [0.1, 0.15) is 11.9 Å². The molecule has 4 nitrogen and oxygen atoms in total. The molecule has 5 heteroatoms. The van der Waals surface area contributed by atoms with E-state index in [2.05, 4.69) is 22.4 Å². The number of rotatable bonds is 6. The van der Waals surface area contributed by atoms with Crippen LogP contribution in [0, 0.1) is 0 Å². The molecule has 1 unspecified atom stereocenters. The summed E-state index contributed by atoms with van der Waals surface area (Å²) >= 11 is 1.68. The van der Waals surface area contributed by atoms with E-state index in [0.29, 0.717) is 13.0 Å². The van der Waals surface area contributed by atoms with Crippen molar-refractivity contribution in [2.45, 2.75) is 18.9 Å². The van der Waals surface area contributed by atoms with E-state index in [1.165, 1.54) is 5.56 Å². The lowest BCUT2D eigenvalue weighted by Gasteiger charge is -2.11. The van der Waals surface area contributed by atoms with Crippen LogP contribution in [-0.2, 0) is 11.2 Å². The topological polar surface area (TPSA) is 51.2 Å². The van der Waals surface area contributed by atoms with Crippen molar-refractivity contribution in [2.75, 3.05) is 18.6 Å². The zero-order chi connectivity index (χ0) is 16.1. The number of amides is 1. The molecule has 0 fully saturated rings. The van der Waals surface area contributed by atoms with Gasteiger partial charge in [0.15, 0.2) is 0 Å². The maximum absolute atomic E-state index is 11.7. The van der Waals surface area contributed by atoms with Crippen molar-refractivity contribution in [3.63, 3.8) is 0 Å². The average Bonchev–Trinajstić information content (AvgIpc) is 3.01. The summed E-state index contributed by atoms with van der Waals surface area (Å²) in [5.74, 6) is 1.86. The molecule has 3 rings (SSSR count). The lowest BCUT2D eigenvalue weighted by molar-refractivity contribution is -0.121. The van der Waals surface area contributed by atoms with Crippen LogP contribution in [-0.4, -0.2) is 35.5 Å². The van der Waals surface area contributed by atoms with Crippen LogP contribution in [0.25, 0.3) is 11.1 Å². The van der Waals surface area contributed by atoms with E-state index in [0.717, 1.165) is 29.1 Å². The lowest BCUT2D eigenvalue weighted by Crippen LogP contribution is -2.34. The van der Waals surface area contributed by atoms with E-state index in [4.69, 9.17) is 4.74 Å². The molecule has 1 aromatic heterocycles. The van der Waals surface area contributed by atoms with Gasteiger partial charge in [-0.15, -0.1) is 0 Å². The molecule has 0 saturated heterocycles. The normalized spacial score (nSPS) is 15.8. The molecule has 0 saturated carbocycles. The van der Waals surface area contributed by atoms with Gasteiger partial charge in [-0.1, -0.05) is 12.1 Å². The van der Waals surface area contributed by atoms with Crippen molar-refractivity contribution in [2.24, 2.45) is 0 Å². The first-order chi connectivity index (χ1) is 11.3. The van der Waals surface area contributed by atoms with Crippen LogP contribution >= 0.6 is 11.8 Å². The summed E-state index contributed by atoms with van der Waals surface area (Å²) in [6.07, 6.45) is 7.05. The van der Waals surface area contributed by atoms with Crippen molar-refractivity contribution in [1.29, 1.82) is 0 Å². The minimum atomic E-state index is 0.0207. The molecule has 0 spiro atoms. The number of pyridine rings is 1. The molecule has 0 radical (unpaired) electrons. The quantitative estimate of drug-likeness (QED) is 0.886. The number of hydrogen-bond acceptors (Lipinski definition) is 4. The second kappa shape index (κ2) is 7.51. The molecule has 1 aliphatic rings. The summed E-state index contributed by atoms with van der Waals surface area (Å²) in [6.45, 7) is 0.560. The number of carbonyl (C=O) groups excluding carboxylic acids is 1. The van der Waals surface area contributed by atoms with Gasteiger partial charge in [-0.05, 0) is 35.6 Å². The Balaban J connectivity index is 1.60. The molecule has 0 aliphatic carbocycles. The standard InChI is InChI=1S/C18H20N2O2S/c1-23-8-6-18(21)20-12-16-10-15-9-13(4-5-17(15)22-16)14-3-2-7-19-11-14/h2-5,7,9,11,16H,6,8,10,12H2,1H3,(H,20,21). The van der Waals surface area contributed by atoms with Crippen LogP contribution in [0.2, 0.25) is 0 Å². The van der Waals surface area contributed by atoms with Crippen molar-refractivity contribution in [3.8, 4) is 16.9 Å². The van der Waals surface area contributed by atoms with E-state index in [1.807, 2.05) is 30.7 Å². The van der Waals surface area contributed by atoms with Gasteiger partial charge in [0, 0.05) is 36.6 Å². The number of aromatic nitrogens is 1. The average molecular weight is 328 g/mol. The van der Waals surface area contributed by atoms with Gasteiger partial charge >= 0.3 is 0 Å². The third kappa shape index (κ3) is 4.05. The van der Waals surface area contributed by atoms with Crippen molar-refractivity contribution < 1.29 is 9.53 Å². The Kier molecular flexibility index (Phi) is 5.18. The van der Waals surface area contributed by atoms with Gasteiger partial charge in [-0.3, -0.25) is 9.78 Å². The Morgan fingerprint density at radius 2 is 2.30 bits per heavy atom. The second-order valence-electron chi connectivity index (χ2n) is 5.56. The maximum Gasteiger partial charge on any atom is 0.220 e. The fraction of sp³-hybridized carbons (Fsp3) is 0.333. The van der Waals surface area contributed by atoms with Crippen molar-refractivity contribution >= 4 is 17.7 Å². The molecular formula is C18H20N2O2S. The first-order valence-corrected chi connectivity index (χ1v) is 9.11. The molecule has 0 bridgehead atoms. The fourth-order valence-electron chi connectivity index (χ4n) is 2.66. The first-order valence-electron chi connectivity index (χ1n) is 7.72. The molecule has 1 aromatic carbocycles. The summed E-state index contributed by atoms with van der Waals surface area (Å²) in [6, 6.07) is 10.2. The first kappa shape index (κ1) is 15.9. The van der Waals surface area contributed by atoms with Gasteiger partial charge in [-0.25, -0.2) is 0 Å². The zero-order valence-electron chi connectivity index (χ0n) is 13.1. The summed E-state index contributed by atoms with van der Waals surface area (Å²) in [7, 11) is 0. The van der Waals surface area contributed by atoms with Crippen molar-refractivity contribution in [1.82, 2.24) is 10.3 Å². The number of nitrogens with zero attached hydrogens (tertiary/aromatic N) is 1. The monoisotopic (exact) mass is 328 g/mol. The number of carbonyl (C=O) groups is 1. The largest absolute Gasteiger partial charge is 0.488 e. The van der Waals surface area contributed by atoms with E-state index >= 15 is 0 Å². The van der Waals surface area contributed by atoms with Crippen molar-refractivity contribution in [3.05, 3.63) is 48.3 Å². The number of hydrogen-bond donors (Lipinski definition) is 1. The second-order valence-corrected chi connectivity index (χ2v) is 6.54. The number of nitrogens with one attached hydrogen (secondary N) is 1. The summed E-state index contributed by atoms with van der Waals surface area (Å²) in [5, 5.41) is 2.95. The number of benzene rings is 1. The van der Waals surface area contributed by atoms with E-state index in [1.54, 1.807) is 18.0 Å². The molecule has 1 N–H and O–H groups in total. The summed E-state index contributed by atoms with van der Waals surface area (Å²) < 4.78 is 5.92. The third-order valence-corrected chi connectivity index (χ3v) is 4.47. The van der Waals surface area contributed by atoms with Crippen LogP contribution in [0.4, 0.5) is 0 Å². The molecule has 1 atom stereocenters. The maximum atomic E-state index is 11.7. The van der Waals surface area contributed by atoms with E-state index < -0.39 is 0 Å². The smallest absolute Gasteiger partial charge is 0.220 e. The molecule has 1 amide bonds. The van der Waals surface area contributed by atoms with Gasteiger partial charge in [0.25, 0.3) is 0 Å². The predicted molar refractivity (Wildman–Crippen MR) is 93.8 cm³/mol. The van der Waals surface area contributed by atoms with Crippen LogP contribution in [0.3, 0.4) is 0 Å². The minimum Gasteiger partial charge on any atom is -0.488 e. The van der Waals surface area contributed by atoms with Crippen LogP contribution in [0.5, 0.6) is 5.75 Å². The van der Waals surface area contributed by atoms with Crippen LogP contribution < -0.4 is 10.1 Å². The SMILES string of the molecule is CSCCC(=O)NCC1Cc2cc(-c3cccnc3)ccc2O1. The summed E-state index contributed by atoms with van der Waals surface area (Å²) in [5.41, 5.74) is 3.43. The highest BCUT2D eigenvalue weighted by molar-refractivity contribution is 7.98. The zero-order valence-corrected chi connectivity index (χ0v) is 13.9. The fourth-order valence-corrected chi connectivity index (χ4v) is 3.05. The van der Waals surface area contributed by atoms with Gasteiger partial charge in [-0.2, -0.15) is 11.8 Å². The molecular weight excluding hydrogens is 308 g/mol. The minimum absolute atomic E-state index is 0.0207. The highest BCUT2D eigenvalue weighted by atomic mass is 32.2. The number of thioether (sulfide) groups is 1. The Bertz CT molecular complexity index is 676. The molecule has 1 aliphatic heterocycles. The molecule has 2 heterocycles. The van der Waals surface area contributed by atoms with E-state index in [9.17, 15) is 4.79 Å². The van der Waals surface area contributed by atoms with Crippen LogP contribution in [0.15, 0.2) is 42.7 Å². The molecule has 120 valence electrons. The van der Waals surface area contributed by atoms with Gasteiger partial charge in [0.05, 0.1) is 6.54 Å². The Labute approximate surface area is 140 Å². The predicted octanol–water partition coefficient (Wildman–Crippen LogP) is 2.92. The highest BCUT2D eigenvalue weighted by Gasteiger charge is 2.23. The van der Waals surface area contributed by atoms with Gasteiger partial charge < -0.3 is 10.1 Å². The number of fused-ring (bicyclic) bond motifs is 1. The summed E-state index contributed by atoms with van der Waals surface area (Å²) in [4.78, 5) is 15.8. The lowest BCUT2D eigenvalue weighted by atomic mass is 10.0. The van der Waals surface area contributed by atoms with Crippen LogP contribution in [0.1, 0.15) is 12.0 Å². The Hall–Kier alpha value is -2.01. The van der Waals surface area contributed by atoms with E-state index in [-0.39, 0.29) is 12.0 Å². The number of ether oxygens (including phenoxy) is 1. The highest BCUT2D eigenvalue weighted by Crippen LogP contribution is 2.32. The Morgan fingerprint density at radius 1 is 1.39 bits per heavy atom. The van der Waals surface area contributed by atoms with Gasteiger partial charge in [0.2, 0.25) is 5.91 Å². The molecule has 23 heavy (non-hydrogen) atoms.